The first-order chi connectivity index (χ1) is 10.3. The Balaban J connectivity index is 0.000000220. The van der Waals surface area contributed by atoms with Gasteiger partial charge >= 0.3 is 7.12 Å². The second-order valence-electron chi connectivity index (χ2n) is 7.06. The van der Waals surface area contributed by atoms with Crippen LogP contribution in [0.15, 0.2) is 0 Å². The van der Waals surface area contributed by atoms with Gasteiger partial charge in [0.15, 0.2) is 0 Å². The molecule has 2 fully saturated rings. The van der Waals surface area contributed by atoms with Crippen molar-refractivity contribution in [3.8, 4) is 0 Å². The number of rotatable bonds is 4. The molecule has 0 saturated carbocycles. The van der Waals surface area contributed by atoms with Crippen molar-refractivity contribution in [1.29, 1.82) is 0 Å². The first kappa shape index (κ1) is 19.6. The monoisotopic (exact) mass is 312 g/mol. The van der Waals surface area contributed by atoms with Crippen LogP contribution >= 0.6 is 0 Å². The lowest BCUT2D eigenvalue weighted by Gasteiger charge is -2.27. The number of hydrogen-bond donors (Lipinski definition) is 2. The quantitative estimate of drug-likeness (QED) is 0.767. The Bertz CT molecular complexity index is 336. The summed E-state index contributed by atoms with van der Waals surface area (Å²) >= 11 is 0. The molecule has 6 heteroatoms. The van der Waals surface area contributed by atoms with Crippen molar-refractivity contribution < 1.29 is 14.8 Å². The Hall–Kier alpha value is -0.425. The number of nitrogens with zero attached hydrogens (tertiary/aromatic N) is 2. The molecule has 2 saturated heterocycles. The highest BCUT2D eigenvalue weighted by Gasteiger charge is 2.34. The van der Waals surface area contributed by atoms with E-state index in [2.05, 4.69) is 37.5 Å². The Labute approximate surface area is 135 Å². The largest absolute Gasteiger partial charge is 0.469 e. The van der Waals surface area contributed by atoms with E-state index in [1.807, 2.05) is 0 Å². The van der Waals surface area contributed by atoms with Gasteiger partial charge in [-0.1, -0.05) is 0 Å². The van der Waals surface area contributed by atoms with Crippen LogP contribution in [0.4, 0.5) is 0 Å². The van der Waals surface area contributed by atoms with Crippen LogP contribution in [0.25, 0.3) is 0 Å². The van der Waals surface area contributed by atoms with Gasteiger partial charge in [-0.3, -0.25) is 14.6 Å². The van der Waals surface area contributed by atoms with Gasteiger partial charge in [0, 0.05) is 18.0 Å². The minimum Gasteiger partial charge on any atom is -0.426 e. The van der Waals surface area contributed by atoms with Gasteiger partial charge in [0.25, 0.3) is 0 Å². The minimum absolute atomic E-state index is 0.0324. The second kappa shape index (κ2) is 9.01. The average molecular weight is 312 g/mol. The maximum absolute atomic E-state index is 11.1. The molecule has 0 unspecified atom stereocenters. The molecule has 2 heterocycles. The third-order valence-electron chi connectivity index (χ3n) is 4.78. The molecule has 0 radical (unpaired) electrons. The Morgan fingerprint density at radius 1 is 1.00 bits per heavy atom. The minimum atomic E-state index is -1.17. The zero-order valence-electron chi connectivity index (χ0n) is 14.8. The summed E-state index contributed by atoms with van der Waals surface area (Å²) in [5.41, 5.74) is 0. The first-order valence-corrected chi connectivity index (χ1v) is 8.63. The van der Waals surface area contributed by atoms with E-state index >= 15 is 0 Å². The molecule has 0 spiro atoms. The molecular weight excluding hydrogens is 279 g/mol. The fraction of sp³-hybridized carbons (Fsp3) is 0.938. The van der Waals surface area contributed by atoms with Gasteiger partial charge in [-0.25, -0.2) is 0 Å². The molecule has 2 rings (SSSR count). The van der Waals surface area contributed by atoms with Gasteiger partial charge in [0.05, 0.1) is 6.04 Å². The summed E-state index contributed by atoms with van der Waals surface area (Å²) in [4.78, 5) is 15.6. The fourth-order valence-corrected chi connectivity index (χ4v) is 3.62. The van der Waals surface area contributed by atoms with Crippen LogP contribution in [-0.4, -0.2) is 69.9 Å². The van der Waals surface area contributed by atoms with Crippen LogP contribution < -0.4 is 0 Å². The summed E-state index contributed by atoms with van der Waals surface area (Å²) in [6.45, 7) is 12.3. The van der Waals surface area contributed by atoms with E-state index in [0.717, 1.165) is 32.4 Å². The van der Waals surface area contributed by atoms with Gasteiger partial charge in [-0.2, -0.15) is 0 Å². The highest BCUT2D eigenvalue weighted by Crippen LogP contribution is 2.20. The molecule has 2 aliphatic heterocycles. The summed E-state index contributed by atoms with van der Waals surface area (Å²) in [6.07, 6.45) is 4.24. The molecule has 2 N–H and O–H groups in total. The first-order valence-electron chi connectivity index (χ1n) is 8.63. The van der Waals surface area contributed by atoms with Gasteiger partial charge in [0.2, 0.25) is 0 Å². The van der Waals surface area contributed by atoms with Gasteiger partial charge in [-0.05, 0) is 73.4 Å². The highest BCUT2D eigenvalue weighted by molar-refractivity contribution is 6.43. The van der Waals surface area contributed by atoms with Crippen molar-refractivity contribution in [2.75, 3.05) is 13.1 Å². The van der Waals surface area contributed by atoms with Crippen LogP contribution in [0.2, 0.25) is 0 Å². The molecule has 2 atom stereocenters. The SMILES string of the molecule is CC(=O)[C@@H]1CCCN1C(C)C.CC(C)N1CCC[C@H]1B(O)O. The third-order valence-corrected chi connectivity index (χ3v) is 4.78. The van der Waals surface area contributed by atoms with E-state index in [1.54, 1.807) is 6.92 Å². The molecule has 22 heavy (non-hydrogen) atoms. The van der Waals surface area contributed by atoms with Crippen molar-refractivity contribution in [2.24, 2.45) is 0 Å². The topological polar surface area (TPSA) is 64.0 Å². The molecule has 0 bridgehead atoms. The third kappa shape index (κ3) is 5.34. The van der Waals surface area contributed by atoms with Gasteiger partial charge in [0.1, 0.15) is 5.78 Å². The normalized spacial score (nSPS) is 26.4. The lowest BCUT2D eigenvalue weighted by atomic mass is 9.77. The van der Waals surface area contributed by atoms with Crippen molar-refractivity contribution in [3.05, 3.63) is 0 Å². The van der Waals surface area contributed by atoms with Crippen LogP contribution in [0.5, 0.6) is 0 Å². The molecular formula is C16H33BN2O3. The van der Waals surface area contributed by atoms with E-state index in [9.17, 15) is 4.79 Å². The van der Waals surface area contributed by atoms with Crippen LogP contribution in [-0.2, 0) is 4.79 Å². The summed E-state index contributed by atoms with van der Waals surface area (Å²) in [5, 5.41) is 18.0. The smallest absolute Gasteiger partial charge is 0.426 e. The number of carbonyl (C=O) groups excluding carboxylic acids is 1. The molecule has 0 aliphatic carbocycles. The molecule has 0 aromatic heterocycles. The van der Waals surface area contributed by atoms with Crippen LogP contribution in [0, 0.1) is 0 Å². The number of hydrogen-bond acceptors (Lipinski definition) is 5. The van der Waals surface area contributed by atoms with Gasteiger partial charge < -0.3 is 10.0 Å². The molecule has 2 aliphatic rings. The molecule has 5 nitrogen and oxygen atoms in total. The van der Waals surface area contributed by atoms with Crippen molar-refractivity contribution in [2.45, 2.75) is 84.4 Å². The van der Waals surface area contributed by atoms with Crippen LogP contribution in [0.3, 0.4) is 0 Å². The summed E-state index contributed by atoms with van der Waals surface area (Å²) in [7, 11) is -1.17. The highest BCUT2D eigenvalue weighted by atomic mass is 16.4. The number of Topliss-reactive ketones (excluding diaryl/α,β-unsaturated/α-hetero) is 1. The molecule has 0 aromatic carbocycles. The van der Waals surface area contributed by atoms with Crippen LogP contribution in [0.1, 0.15) is 60.3 Å². The van der Waals surface area contributed by atoms with E-state index in [1.165, 1.54) is 6.42 Å². The summed E-state index contributed by atoms with van der Waals surface area (Å²) in [5.74, 6) is 0.297. The zero-order valence-corrected chi connectivity index (χ0v) is 14.8. The van der Waals surface area contributed by atoms with E-state index in [-0.39, 0.29) is 12.0 Å². The van der Waals surface area contributed by atoms with E-state index in [0.29, 0.717) is 17.9 Å². The maximum Gasteiger partial charge on any atom is 0.469 e. The Morgan fingerprint density at radius 2 is 1.50 bits per heavy atom. The number of carbonyl (C=O) groups is 1. The van der Waals surface area contributed by atoms with Crippen molar-refractivity contribution in [3.63, 3.8) is 0 Å². The fourth-order valence-electron chi connectivity index (χ4n) is 3.62. The average Bonchev–Trinajstić information content (AvgIpc) is 3.08. The Morgan fingerprint density at radius 3 is 1.86 bits per heavy atom. The van der Waals surface area contributed by atoms with Crippen molar-refractivity contribution in [1.82, 2.24) is 9.80 Å². The lowest BCUT2D eigenvalue weighted by Crippen LogP contribution is -2.45. The van der Waals surface area contributed by atoms with Crippen molar-refractivity contribution >= 4 is 12.9 Å². The maximum atomic E-state index is 11.1. The standard InChI is InChI=1S/C9H17NO.C7H16BNO2/c1-7(2)10-6-4-5-9(10)8(3)11;1-6(2)9-5-3-4-7(9)8(10)11/h7,9H,4-6H2,1-3H3;6-7,10-11H,3-5H2,1-2H3/t9-;7-/m00/s1. The zero-order chi connectivity index (χ0) is 16.9. The summed E-state index contributed by atoms with van der Waals surface area (Å²) in [6, 6.07) is 1.16. The van der Waals surface area contributed by atoms with E-state index in [4.69, 9.17) is 10.0 Å². The Kier molecular flexibility index (Phi) is 8.04. The van der Waals surface area contributed by atoms with E-state index < -0.39 is 7.12 Å². The lowest BCUT2D eigenvalue weighted by molar-refractivity contribution is -0.121. The molecule has 128 valence electrons. The predicted molar refractivity (Wildman–Crippen MR) is 90.6 cm³/mol. The summed E-state index contributed by atoms with van der Waals surface area (Å²) < 4.78 is 0. The second-order valence-corrected chi connectivity index (χ2v) is 7.06. The number of ketones is 1. The predicted octanol–water partition coefficient (Wildman–Crippen LogP) is 1.32. The molecule has 0 amide bonds. The molecule has 0 aromatic rings. The van der Waals surface area contributed by atoms with Gasteiger partial charge in [-0.15, -0.1) is 0 Å². The number of likely N-dealkylation sites (tertiary alicyclic amines) is 2.